The first kappa shape index (κ1) is 13.1. The quantitative estimate of drug-likeness (QED) is 0.818. The molecule has 1 unspecified atom stereocenters. The number of amides is 1. The van der Waals surface area contributed by atoms with Gasteiger partial charge in [-0.05, 0) is 18.1 Å². The van der Waals surface area contributed by atoms with Crippen LogP contribution in [0.4, 0.5) is 0 Å². The number of nitrogens with one attached hydrogen (secondary N) is 2. The third-order valence-electron chi connectivity index (χ3n) is 3.54. The highest BCUT2D eigenvalue weighted by atomic mass is 16.2. The third-order valence-corrected chi connectivity index (χ3v) is 3.54. The molecule has 4 heteroatoms. The lowest BCUT2D eigenvalue weighted by Crippen LogP contribution is -2.56. The molecule has 2 rings (SSSR count). The first-order valence-corrected chi connectivity index (χ1v) is 6.43. The first-order valence-electron chi connectivity index (χ1n) is 6.43. The third kappa shape index (κ3) is 2.89. The smallest absolute Gasteiger partial charge is 0.238 e. The predicted octanol–water partition coefficient (Wildman–Crippen LogP) is 0.515. The number of hydrogen-bond donors (Lipinski definition) is 2. The number of rotatable bonds is 3. The monoisotopic (exact) mass is 247 g/mol. The van der Waals surface area contributed by atoms with E-state index in [4.69, 9.17) is 0 Å². The molecule has 1 aliphatic heterocycles. The van der Waals surface area contributed by atoms with Gasteiger partial charge in [0, 0.05) is 33.2 Å². The first-order chi connectivity index (χ1) is 8.72. The van der Waals surface area contributed by atoms with Gasteiger partial charge in [0.2, 0.25) is 5.91 Å². The Morgan fingerprint density at radius 3 is 3.00 bits per heavy atom. The molecule has 1 aromatic carbocycles. The minimum atomic E-state index is -0.0663. The van der Waals surface area contributed by atoms with E-state index in [2.05, 4.69) is 40.7 Å². The predicted molar refractivity (Wildman–Crippen MR) is 72.3 cm³/mol. The van der Waals surface area contributed by atoms with E-state index in [1.165, 1.54) is 11.1 Å². The Morgan fingerprint density at radius 2 is 2.28 bits per heavy atom. The summed E-state index contributed by atoms with van der Waals surface area (Å²) in [6, 6.07) is 8.29. The number of hydrogen-bond acceptors (Lipinski definition) is 3. The minimum Gasteiger partial charge on any atom is -0.358 e. The van der Waals surface area contributed by atoms with Gasteiger partial charge in [-0.2, -0.15) is 0 Å². The van der Waals surface area contributed by atoms with Crippen molar-refractivity contribution in [2.24, 2.45) is 0 Å². The summed E-state index contributed by atoms with van der Waals surface area (Å²) < 4.78 is 0. The lowest BCUT2D eigenvalue weighted by Gasteiger charge is -2.35. The maximum Gasteiger partial charge on any atom is 0.238 e. The number of likely N-dealkylation sites (N-methyl/N-ethyl adjacent to an activating group) is 1. The normalized spacial score (nSPS) is 20.7. The van der Waals surface area contributed by atoms with Crippen LogP contribution in [0, 0.1) is 6.92 Å². The van der Waals surface area contributed by atoms with Gasteiger partial charge in [-0.1, -0.05) is 24.3 Å². The van der Waals surface area contributed by atoms with Gasteiger partial charge in [-0.3, -0.25) is 9.69 Å². The summed E-state index contributed by atoms with van der Waals surface area (Å²) in [5.74, 6) is 0.0933. The summed E-state index contributed by atoms with van der Waals surface area (Å²) in [6.07, 6.45) is 0. The molecule has 1 atom stereocenters. The van der Waals surface area contributed by atoms with Crippen LogP contribution < -0.4 is 10.6 Å². The average Bonchev–Trinajstić information content (AvgIpc) is 2.41. The largest absolute Gasteiger partial charge is 0.358 e. The molecule has 0 aromatic heterocycles. The van der Waals surface area contributed by atoms with Crippen LogP contribution in [0.2, 0.25) is 0 Å². The van der Waals surface area contributed by atoms with Gasteiger partial charge in [0.1, 0.15) is 6.04 Å². The van der Waals surface area contributed by atoms with Gasteiger partial charge < -0.3 is 10.6 Å². The molecular formula is C14H21N3O. The van der Waals surface area contributed by atoms with E-state index in [0.717, 1.165) is 26.2 Å². The molecule has 98 valence electrons. The van der Waals surface area contributed by atoms with E-state index in [0.29, 0.717) is 0 Å². The molecule has 0 aliphatic carbocycles. The van der Waals surface area contributed by atoms with Crippen molar-refractivity contribution >= 4 is 5.91 Å². The highest BCUT2D eigenvalue weighted by molar-refractivity contribution is 5.81. The van der Waals surface area contributed by atoms with Gasteiger partial charge in [0.05, 0.1) is 0 Å². The van der Waals surface area contributed by atoms with Gasteiger partial charge >= 0.3 is 0 Å². The van der Waals surface area contributed by atoms with Crippen molar-refractivity contribution in [3.8, 4) is 0 Å². The Bertz CT molecular complexity index is 419. The van der Waals surface area contributed by atoms with Crippen molar-refractivity contribution < 1.29 is 4.79 Å². The summed E-state index contributed by atoms with van der Waals surface area (Å²) >= 11 is 0. The van der Waals surface area contributed by atoms with Crippen LogP contribution >= 0.6 is 0 Å². The summed E-state index contributed by atoms with van der Waals surface area (Å²) in [5, 5.41) is 6.02. The molecule has 1 fully saturated rings. The fraction of sp³-hybridized carbons (Fsp3) is 0.500. The summed E-state index contributed by atoms with van der Waals surface area (Å²) in [6.45, 7) is 5.54. The molecule has 1 heterocycles. The maximum atomic E-state index is 11.9. The van der Waals surface area contributed by atoms with E-state index in [1.807, 2.05) is 6.07 Å². The van der Waals surface area contributed by atoms with E-state index >= 15 is 0 Å². The molecule has 0 bridgehead atoms. The summed E-state index contributed by atoms with van der Waals surface area (Å²) in [4.78, 5) is 14.1. The zero-order chi connectivity index (χ0) is 13.0. The van der Waals surface area contributed by atoms with Crippen LogP contribution in [-0.2, 0) is 11.3 Å². The number of nitrogens with zero attached hydrogens (tertiary/aromatic N) is 1. The second-order valence-electron chi connectivity index (χ2n) is 4.73. The Labute approximate surface area is 108 Å². The summed E-state index contributed by atoms with van der Waals surface area (Å²) in [7, 11) is 1.70. The van der Waals surface area contributed by atoms with Gasteiger partial charge in [-0.25, -0.2) is 0 Å². The van der Waals surface area contributed by atoms with Crippen LogP contribution in [0.5, 0.6) is 0 Å². The molecule has 0 saturated carbocycles. The van der Waals surface area contributed by atoms with Crippen molar-refractivity contribution in [3.05, 3.63) is 35.4 Å². The fourth-order valence-corrected chi connectivity index (χ4v) is 2.37. The lowest BCUT2D eigenvalue weighted by molar-refractivity contribution is -0.126. The van der Waals surface area contributed by atoms with E-state index in [9.17, 15) is 4.79 Å². The van der Waals surface area contributed by atoms with Gasteiger partial charge in [-0.15, -0.1) is 0 Å². The Morgan fingerprint density at radius 1 is 1.50 bits per heavy atom. The highest BCUT2D eigenvalue weighted by Gasteiger charge is 2.27. The standard InChI is InChI=1S/C14H21N3O/c1-11-5-3-4-6-12(11)10-17-8-7-16-9-13(17)14(18)15-2/h3-6,13,16H,7-10H2,1-2H3,(H,15,18). The van der Waals surface area contributed by atoms with Crippen LogP contribution in [-0.4, -0.2) is 43.5 Å². The Balaban J connectivity index is 2.10. The van der Waals surface area contributed by atoms with Gasteiger partial charge in [0.25, 0.3) is 0 Å². The molecule has 2 N–H and O–H groups in total. The zero-order valence-electron chi connectivity index (χ0n) is 11.1. The average molecular weight is 247 g/mol. The molecule has 0 radical (unpaired) electrons. The number of aryl methyl sites for hydroxylation is 1. The molecular weight excluding hydrogens is 226 g/mol. The van der Waals surface area contributed by atoms with Crippen molar-refractivity contribution in [3.63, 3.8) is 0 Å². The number of piperazine rings is 1. The second kappa shape index (κ2) is 5.98. The SMILES string of the molecule is CNC(=O)C1CNCCN1Cc1ccccc1C. The summed E-state index contributed by atoms with van der Waals surface area (Å²) in [5.41, 5.74) is 2.58. The fourth-order valence-electron chi connectivity index (χ4n) is 2.37. The number of carbonyl (C=O) groups excluding carboxylic acids is 1. The van der Waals surface area contributed by atoms with E-state index in [-0.39, 0.29) is 11.9 Å². The lowest BCUT2D eigenvalue weighted by atomic mass is 10.1. The van der Waals surface area contributed by atoms with Crippen LogP contribution in [0.1, 0.15) is 11.1 Å². The molecule has 1 saturated heterocycles. The van der Waals surface area contributed by atoms with Crippen LogP contribution in [0.25, 0.3) is 0 Å². The van der Waals surface area contributed by atoms with Crippen molar-refractivity contribution in [1.29, 1.82) is 0 Å². The Hall–Kier alpha value is -1.39. The molecule has 4 nitrogen and oxygen atoms in total. The second-order valence-corrected chi connectivity index (χ2v) is 4.73. The molecule has 18 heavy (non-hydrogen) atoms. The van der Waals surface area contributed by atoms with Crippen molar-refractivity contribution in [2.45, 2.75) is 19.5 Å². The van der Waals surface area contributed by atoms with Gasteiger partial charge in [0.15, 0.2) is 0 Å². The molecule has 1 aromatic rings. The molecule has 1 aliphatic rings. The number of carbonyl (C=O) groups is 1. The van der Waals surface area contributed by atoms with E-state index < -0.39 is 0 Å². The molecule has 1 amide bonds. The minimum absolute atomic E-state index is 0.0663. The van der Waals surface area contributed by atoms with Crippen molar-refractivity contribution in [2.75, 3.05) is 26.7 Å². The van der Waals surface area contributed by atoms with Crippen molar-refractivity contribution in [1.82, 2.24) is 15.5 Å². The van der Waals surface area contributed by atoms with Crippen LogP contribution in [0.3, 0.4) is 0 Å². The zero-order valence-corrected chi connectivity index (χ0v) is 11.1. The highest BCUT2D eigenvalue weighted by Crippen LogP contribution is 2.14. The number of benzene rings is 1. The van der Waals surface area contributed by atoms with Crippen LogP contribution in [0.15, 0.2) is 24.3 Å². The maximum absolute atomic E-state index is 11.9. The molecule has 0 spiro atoms. The topological polar surface area (TPSA) is 44.4 Å². The Kier molecular flexibility index (Phi) is 4.33. The van der Waals surface area contributed by atoms with E-state index in [1.54, 1.807) is 7.05 Å².